The van der Waals surface area contributed by atoms with E-state index >= 15 is 0 Å². The molecular weight excluding hydrogens is 398 g/mol. The molecule has 1 aromatic carbocycles. The number of nitrogens with zero attached hydrogens (tertiary/aromatic N) is 1. The number of amides is 1. The molecule has 152 valence electrons. The van der Waals surface area contributed by atoms with Gasteiger partial charge in [0.25, 0.3) is 5.91 Å². The van der Waals surface area contributed by atoms with E-state index in [2.05, 4.69) is 24.5 Å². The summed E-state index contributed by atoms with van der Waals surface area (Å²) in [5, 5.41) is 6.64. The van der Waals surface area contributed by atoms with Gasteiger partial charge in [-0.05, 0) is 61.7 Å². The van der Waals surface area contributed by atoms with E-state index in [1.807, 2.05) is 0 Å². The Hall–Kier alpha value is -2.12. The van der Waals surface area contributed by atoms with Crippen molar-refractivity contribution in [2.24, 2.45) is 11.8 Å². The highest BCUT2D eigenvalue weighted by molar-refractivity contribution is 7.80. The van der Waals surface area contributed by atoms with Crippen LogP contribution in [0, 0.1) is 11.8 Å². The number of benzene rings is 1. The molecule has 0 bridgehead atoms. The Kier molecular flexibility index (Phi) is 8.26. The van der Waals surface area contributed by atoms with E-state index in [1.165, 1.54) is 6.20 Å². The summed E-state index contributed by atoms with van der Waals surface area (Å²) in [6.07, 6.45) is 2.38. The molecule has 2 atom stereocenters. The second-order valence-corrected chi connectivity index (χ2v) is 7.88. The lowest BCUT2D eigenvalue weighted by atomic mass is 9.91. The van der Waals surface area contributed by atoms with Gasteiger partial charge in [0, 0.05) is 30.0 Å². The highest BCUT2D eigenvalue weighted by Crippen LogP contribution is 2.22. The third-order valence-electron chi connectivity index (χ3n) is 4.33. The van der Waals surface area contributed by atoms with Gasteiger partial charge in [-0.15, -0.1) is 0 Å². The van der Waals surface area contributed by atoms with Gasteiger partial charge in [0.2, 0.25) is 0 Å². The molecule has 0 aromatic heterocycles. The second kappa shape index (κ2) is 10.4. The molecule has 1 fully saturated rings. The van der Waals surface area contributed by atoms with Gasteiger partial charge in [0.1, 0.15) is 5.57 Å². The Labute approximate surface area is 176 Å². The number of hydrogen-bond acceptors (Lipinski definition) is 4. The molecule has 2 N–H and O–H groups in total. The average molecular weight is 424 g/mol. The lowest BCUT2D eigenvalue weighted by Crippen LogP contribution is -2.44. The Morgan fingerprint density at radius 1 is 1.25 bits per heavy atom. The number of likely N-dealkylation sites (tertiary alicyclic amines) is 1. The number of carbonyl (C=O) groups is 2. The number of piperidine rings is 1. The molecule has 0 saturated carbocycles. The van der Waals surface area contributed by atoms with E-state index < -0.39 is 5.97 Å². The molecule has 2 rings (SSSR count). The highest BCUT2D eigenvalue weighted by atomic mass is 35.5. The van der Waals surface area contributed by atoms with Crippen LogP contribution in [0.3, 0.4) is 0 Å². The molecular formula is C20H26ClN3O3S. The summed E-state index contributed by atoms with van der Waals surface area (Å²) in [6.45, 7) is 7.33. The van der Waals surface area contributed by atoms with Crippen molar-refractivity contribution in [2.45, 2.75) is 27.2 Å². The third-order valence-corrected chi connectivity index (χ3v) is 4.80. The fourth-order valence-corrected chi connectivity index (χ4v) is 3.56. The molecule has 0 spiro atoms. The summed E-state index contributed by atoms with van der Waals surface area (Å²) in [4.78, 5) is 27.0. The van der Waals surface area contributed by atoms with Crippen LogP contribution in [-0.2, 0) is 14.3 Å². The van der Waals surface area contributed by atoms with E-state index in [4.69, 9.17) is 28.6 Å². The van der Waals surface area contributed by atoms with Gasteiger partial charge >= 0.3 is 5.97 Å². The molecule has 1 heterocycles. The number of esters is 1. The van der Waals surface area contributed by atoms with Crippen LogP contribution >= 0.6 is 23.8 Å². The first-order valence-electron chi connectivity index (χ1n) is 9.29. The zero-order valence-corrected chi connectivity index (χ0v) is 17.9. The predicted octanol–water partition coefficient (Wildman–Crippen LogP) is 3.58. The third kappa shape index (κ3) is 6.49. The molecule has 28 heavy (non-hydrogen) atoms. The highest BCUT2D eigenvalue weighted by Gasteiger charge is 2.30. The molecule has 0 aliphatic carbocycles. The number of hydrogen-bond donors (Lipinski definition) is 2. The van der Waals surface area contributed by atoms with E-state index in [0.717, 1.165) is 12.1 Å². The van der Waals surface area contributed by atoms with Crippen molar-refractivity contribution in [3.05, 3.63) is 41.1 Å². The smallest absolute Gasteiger partial charge is 0.345 e. The summed E-state index contributed by atoms with van der Waals surface area (Å²) in [6, 6.07) is 7.01. The fourth-order valence-electron chi connectivity index (χ4n) is 3.25. The maximum Gasteiger partial charge on any atom is 0.345 e. The first-order valence-corrected chi connectivity index (χ1v) is 10.1. The molecule has 1 aliphatic rings. The zero-order chi connectivity index (χ0) is 20.7. The quantitative estimate of drug-likeness (QED) is 0.248. The minimum atomic E-state index is -0.667. The summed E-state index contributed by atoms with van der Waals surface area (Å²) < 4.78 is 5.06. The number of halogens is 1. The fraction of sp³-hybridized carbons (Fsp3) is 0.450. The van der Waals surface area contributed by atoms with Crippen molar-refractivity contribution in [3.63, 3.8) is 0 Å². The van der Waals surface area contributed by atoms with Crippen LogP contribution in [-0.4, -0.2) is 41.6 Å². The van der Waals surface area contributed by atoms with E-state index in [-0.39, 0.29) is 23.2 Å². The van der Waals surface area contributed by atoms with Crippen molar-refractivity contribution in [1.82, 2.24) is 10.2 Å². The van der Waals surface area contributed by atoms with Crippen LogP contribution in [0.1, 0.15) is 27.2 Å². The first kappa shape index (κ1) is 22.2. The molecule has 1 amide bonds. The van der Waals surface area contributed by atoms with Gasteiger partial charge < -0.3 is 20.3 Å². The lowest BCUT2D eigenvalue weighted by Gasteiger charge is -2.35. The number of carbonyl (C=O) groups excluding carboxylic acids is 2. The summed E-state index contributed by atoms with van der Waals surface area (Å²) in [7, 11) is 0. The van der Waals surface area contributed by atoms with Gasteiger partial charge in [-0.2, -0.15) is 0 Å². The first-order chi connectivity index (χ1) is 13.3. The predicted molar refractivity (Wildman–Crippen MR) is 115 cm³/mol. The van der Waals surface area contributed by atoms with Crippen molar-refractivity contribution >= 4 is 46.5 Å². The molecule has 0 radical (unpaired) electrons. The Morgan fingerprint density at radius 3 is 2.43 bits per heavy atom. The number of nitrogens with one attached hydrogen (secondary N) is 2. The summed E-state index contributed by atoms with van der Waals surface area (Å²) in [5.41, 5.74) is 0.668. The lowest BCUT2D eigenvalue weighted by molar-refractivity contribution is -0.142. The Bertz CT molecular complexity index is 742. The van der Waals surface area contributed by atoms with Crippen molar-refractivity contribution in [1.29, 1.82) is 0 Å². The summed E-state index contributed by atoms with van der Waals surface area (Å²) in [5.74, 6) is -0.243. The van der Waals surface area contributed by atoms with Crippen LogP contribution in [0.2, 0.25) is 5.02 Å². The van der Waals surface area contributed by atoms with Crippen molar-refractivity contribution in [3.8, 4) is 0 Å². The number of ether oxygens (including phenoxy) is 1. The van der Waals surface area contributed by atoms with E-state index in [0.29, 0.717) is 29.9 Å². The van der Waals surface area contributed by atoms with Crippen LogP contribution in [0.25, 0.3) is 0 Å². The van der Waals surface area contributed by atoms with Gasteiger partial charge in [-0.3, -0.25) is 4.79 Å². The Balaban J connectivity index is 2.10. The minimum absolute atomic E-state index is 0.0663. The Morgan fingerprint density at radius 2 is 1.86 bits per heavy atom. The van der Waals surface area contributed by atoms with E-state index in [9.17, 15) is 9.59 Å². The van der Waals surface area contributed by atoms with Gasteiger partial charge in [0.15, 0.2) is 5.11 Å². The van der Waals surface area contributed by atoms with Crippen LogP contribution in [0.5, 0.6) is 0 Å². The maximum absolute atomic E-state index is 13.0. The number of rotatable bonds is 5. The van der Waals surface area contributed by atoms with E-state index in [1.54, 1.807) is 36.1 Å². The monoisotopic (exact) mass is 423 g/mol. The van der Waals surface area contributed by atoms with Crippen LogP contribution in [0.4, 0.5) is 5.69 Å². The maximum atomic E-state index is 13.0. The van der Waals surface area contributed by atoms with Crippen LogP contribution in [0.15, 0.2) is 36.0 Å². The standard InChI is InChI=1S/C20H26ClN3O3S/c1-4-27-19(26)17(18(25)24-11-13(2)9-14(3)12-24)10-22-20(28)23-16-7-5-15(21)6-8-16/h5-8,10,13-14H,4,9,11-12H2,1-3H3,(H2,22,23,28)/b17-10+. The topological polar surface area (TPSA) is 70.7 Å². The molecule has 1 saturated heterocycles. The van der Waals surface area contributed by atoms with Gasteiger partial charge in [0.05, 0.1) is 6.61 Å². The van der Waals surface area contributed by atoms with Crippen molar-refractivity contribution in [2.75, 3.05) is 25.0 Å². The largest absolute Gasteiger partial charge is 0.462 e. The molecule has 1 aromatic rings. The normalized spacial score (nSPS) is 19.7. The second-order valence-electron chi connectivity index (χ2n) is 7.04. The molecule has 6 nitrogen and oxygen atoms in total. The average Bonchev–Trinajstić information content (AvgIpc) is 2.63. The van der Waals surface area contributed by atoms with Gasteiger partial charge in [-0.25, -0.2) is 4.79 Å². The zero-order valence-electron chi connectivity index (χ0n) is 16.3. The van der Waals surface area contributed by atoms with Crippen LogP contribution < -0.4 is 10.6 Å². The number of anilines is 1. The number of thiocarbonyl (C=S) groups is 1. The van der Waals surface area contributed by atoms with Gasteiger partial charge in [-0.1, -0.05) is 25.4 Å². The minimum Gasteiger partial charge on any atom is -0.462 e. The molecule has 1 aliphatic heterocycles. The molecule has 2 unspecified atom stereocenters. The summed E-state index contributed by atoms with van der Waals surface area (Å²) >= 11 is 11.1. The SMILES string of the molecule is CCOC(=O)/C(=C/NC(=S)Nc1ccc(Cl)cc1)C(=O)N1CC(C)CC(C)C1. The van der Waals surface area contributed by atoms with Crippen molar-refractivity contribution < 1.29 is 14.3 Å². The molecule has 8 heteroatoms.